The minimum atomic E-state index is -1.34. The Labute approximate surface area is 174 Å². The third-order valence-corrected chi connectivity index (χ3v) is 5.76. The minimum absolute atomic E-state index is 0.149. The molecule has 6 nitrogen and oxygen atoms in total. The van der Waals surface area contributed by atoms with Crippen LogP contribution in [-0.2, 0) is 16.1 Å². The summed E-state index contributed by atoms with van der Waals surface area (Å²) in [6.07, 6.45) is 1.17. The Bertz CT molecular complexity index is 993. The Morgan fingerprint density at radius 1 is 1.17 bits per heavy atom. The fourth-order valence-electron chi connectivity index (χ4n) is 4.28. The maximum atomic E-state index is 13.5. The van der Waals surface area contributed by atoms with Crippen LogP contribution in [0, 0.1) is 0 Å². The second kappa shape index (κ2) is 7.52. The predicted octanol–water partition coefficient (Wildman–Crippen LogP) is 3.35. The Morgan fingerprint density at radius 2 is 1.97 bits per heavy atom. The zero-order chi connectivity index (χ0) is 20.6. The summed E-state index contributed by atoms with van der Waals surface area (Å²) in [5.41, 5.74) is 0.472. The molecule has 1 fully saturated rings. The van der Waals surface area contributed by atoms with E-state index in [4.69, 9.17) is 11.6 Å². The standard InChI is InChI=1S/C22H22ClN3O3/c1-2-12-25-20(28)17-8-3-4-9-18(17)26-19(27)10-11-22(25,26)21(29)24-14-15-6-5-7-16(23)13-15/h3-9,13H,2,10-12,14H2,1H3,(H,24,29)/t22-/m0/s1. The molecule has 3 amide bonds. The van der Waals surface area contributed by atoms with Crippen molar-refractivity contribution in [2.24, 2.45) is 0 Å². The van der Waals surface area contributed by atoms with Crippen LogP contribution in [0.25, 0.3) is 0 Å². The Balaban J connectivity index is 1.74. The molecule has 29 heavy (non-hydrogen) atoms. The first-order valence-electron chi connectivity index (χ1n) is 9.76. The van der Waals surface area contributed by atoms with Crippen molar-refractivity contribution in [1.82, 2.24) is 10.2 Å². The first-order chi connectivity index (χ1) is 14.0. The predicted molar refractivity (Wildman–Crippen MR) is 111 cm³/mol. The average Bonchev–Trinajstić information content (AvgIpc) is 3.08. The van der Waals surface area contributed by atoms with Crippen LogP contribution in [0.4, 0.5) is 5.69 Å². The van der Waals surface area contributed by atoms with Crippen LogP contribution < -0.4 is 10.2 Å². The van der Waals surface area contributed by atoms with Crippen LogP contribution in [0.2, 0.25) is 5.02 Å². The van der Waals surface area contributed by atoms with Crippen molar-refractivity contribution in [3.63, 3.8) is 0 Å². The first kappa shape index (κ1) is 19.5. The number of nitrogens with one attached hydrogen (secondary N) is 1. The topological polar surface area (TPSA) is 69.7 Å². The smallest absolute Gasteiger partial charge is 0.267 e. The molecule has 4 rings (SSSR count). The molecular weight excluding hydrogens is 390 g/mol. The van der Waals surface area contributed by atoms with Crippen LogP contribution in [0.5, 0.6) is 0 Å². The fraction of sp³-hybridized carbons (Fsp3) is 0.318. The van der Waals surface area contributed by atoms with Crippen LogP contribution >= 0.6 is 11.6 Å². The number of carbonyl (C=O) groups is 3. The summed E-state index contributed by atoms with van der Waals surface area (Å²) in [4.78, 5) is 42.7. The van der Waals surface area contributed by atoms with E-state index in [-0.39, 0.29) is 37.1 Å². The Morgan fingerprint density at radius 3 is 2.72 bits per heavy atom. The number of anilines is 1. The van der Waals surface area contributed by atoms with E-state index in [0.29, 0.717) is 29.2 Å². The zero-order valence-corrected chi connectivity index (χ0v) is 16.9. The summed E-state index contributed by atoms with van der Waals surface area (Å²) in [5, 5.41) is 3.52. The van der Waals surface area contributed by atoms with E-state index in [1.165, 1.54) is 4.90 Å². The number of fused-ring (bicyclic) bond motifs is 3. The lowest BCUT2D eigenvalue weighted by Gasteiger charge is -2.49. The molecule has 0 aromatic heterocycles. The second-order valence-electron chi connectivity index (χ2n) is 7.33. The normalized spacial score (nSPS) is 20.5. The van der Waals surface area contributed by atoms with Crippen LogP contribution in [0.15, 0.2) is 48.5 Å². The van der Waals surface area contributed by atoms with Crippen molar-refractivity contribution in [3.05, 3.63) is 64.7 Å². The monoisotopic (exact) mass is 411 g/mol. The molecule has 0 bridgehead atoms. The number of nitrogens with zero attached hydrogens (tertiary/aromatic N) is 2. The van der Waals surface area contributed by atoms with Gasteiger partial charge in [0.05, 0.1) is 11.3 Å². The molecule has 0 unspecified atom stereocenters. The third-order valence-electron chi connectivity index (χ3n) is 5.53. The molecule has 1 saturated heterocycles. The molecule has 1 atom stereocenters. The molecule has 0 saturated carbocycles. The molecule has 0 aliphatic carbocycles. The molecule has 2 aliphatic heterocycles. The number of carbonyl (C=O) groups excluding carboxylic acids is 3. The Kier molecular flexibility index (Phi) is 5.04. The van der Waals surface area contributed by atoms with E-state index in [0.717, 1.165) is 5.56 Å². The van der Waals surface area contributed by atoms with Gasteiger partial charge in [0.25, 0.3) is 11.8 Å². The van der Waals surface area contributed by atoms with Crippen molar-refractivity contribution >= 4 is 35.0 Å². The van der Waals surface area contributed by atoms with Gasteiger partial charge < -0.3 is 10.2 Å². The van der Waals surface area contributed by atoms with E-state index in [9.17, 15) is 14.4 Å². The van der Waals surface area contributed by atoms with Crippen LogP contribution in [0.1, 0.15) is 42.1 Å². The van der Waals surface area contributed by atoms with E-state index in [1.807, 2.05) is 19.1 Å². The summed E-state index contributed by atoms with van der Waals surface area (Å²) in [5.74, 6) is -0.713. The third kappa shape index (κ3) is 3.08. The van der Waals surface area contributed by atoms with Gasteiger partial charge in [-0.2, -0.15) is 0 Å². The maximum Gasteiger partial charge on any atom is 0.267 e. The largest absolute Gasteiger partial charge is 0.348 e. The lowest BCUT2D eigenvalue weighted by Crippen LogP contribution is -2.70. The van der Waals surface area contributed by atoms with E-state index < -0.39 is 5.66 Å². The average molecular weight is 412 g/mol. The van der Waals surface area contributed by atoms with Gasteiger partial charge in [-0.15, -0.1) is 0 Å². The van der Waals surface area contributed by atoms with Gasteiger partial charge >= 0.3 is 0 Å². The molecule has 0 spiro atoms. The van der Waals surface area contributed by atoms with Gasteiger partial charge in [-0.25, -0.2) is 0 Å². The highest BCUT2D eigenvalue weighted by molar-refractivity contribution is 6.30. The Hall–Kier alpha value is -2.86. The summed E-state index contributed by atoms with van der Waals surface area (Å²) in [7, 11) is 0. The number of amides is 3. The maximum absolute atomic E-state index is 13.5. The highest BCUT2D eigenvalue weighted by Crippen LogP contribution is 2.44. The number of halogens is 1. The summed E-state index contributed by atoms with van der Waals surface area (Å²) < 4.78 is 0. The molecule has 2 aromatic rings. The van der Waals surface area contributed by atoms with E-state index in [2.05, 4.69) is 5.32 Å². The van der Waals surface area contributed by atoms with Crippen molar-refractivity contribution < 1.29 is 14.4 Å². The fourth-order valence-corrected chi connectivity index (χ4v) is 4.49. The van der Waals surface area contributed by atoms with Gasteiger partial charge in [0.1, 0.15) is 0 Å². The van der Waals surface area contributed by atoms with E-state index in [1.54, 1.807) is 41.3 Å². The number of rotatable bonds is 5. The molecule has 7 heteroatoms. The van der Waals surface area contributed by atoms with Crippen LogP contribution in [0.3, 0.4) is 0 Å². The highest BCUT2D eigenvalue weighted by Gasteiger charge is 2.60. The van der Waals surface area contributed by atoms with Gasteiger partial charge in [-0.05, 0) is 36.2 Å². The quantitative estimate of drug-likeness (QED) is 0.820. The number of para-hydroxylation sites is 1. The summed E-state index contributed by atoms with van der Waals surface area (Å²) in [6.45, 7) is 2.60. The SMILES string of the molecule is CCCN1C(=O)c2ccccc2N2C(=O)CC[C@]12C(=O)NCc1cccc(Cl)c1. The molecule has 1 N–H and O–H groups in total. The first-order valence-corrected chi connectivity index (χ1v) is 10.1. The summed E-state index contributed by atoms with van der Waals surface area (Å²) >= 11 is 6.04. The molecule has 2 heterocycles. The van der Waals surface area contributed by atoms with Gasteiger partial charge in [0.15, 0.2) is 0 Å². The number of hydrogen-bond donors (Lipinski definition) is 1. The minimum Gasteiger partial charge on any atom is -0.348 e. The van der Waals surface area contributed by atoms with Crippen molar-refractivity contribution in [1.29, 1.82) is 0 Å². The zero-order valence-electron chi connectivity index (χ0n) is 16.2. The number of hydrogen-bond acceptors (Lipinski definition) is 3. The lowest BCUT2D eigenvalue weighted by atomic mass is 9.95. The van der Waals surface area contributed by atoms with E-state index >= 15 is 0 Å². The molecule has 150 valence electrons. The van der Waals surface area contributed by atoms with Crippen LogP contribution in [-0.4, -0.2) is 34.8 Å². The van der Waals surface area contributed by atoms with Gasteiger partial charge in [-0.3, -0.25) is 19.3 Å². The molecule has 0 radical (unpaired) electrons. The molecule has 2 aromatic carbocycles. The number of benzene rings is 2. The van der Waals surface area contributed by atoms with Gasteiger partial charge in [-0.1, -0.05) is 42.8 Å². The van der Waals surface area contributed by atoms with Gasteiger partial charge in [0.2, 0.25) is 11.6 Å². The second-order valence-corrected chi connectivity index (χ2v) is 7.77. The molecule has 2 aliphatic rings. The van der Waals surface area contributed by atoms with Gasteiger partial charge in [0, 0.05) is 31.0 Å². The van der Waals surface area contributed by atoms with Crippen molar-refractivity contribution in [2.45, 2.75) is 38.4 Å². The molecular formula is C22H22ClN3O3. The lowest BCUT2D eigenvalue weighted by molar-refractivity contribution is -0.133. The van der Waals surface area contributed by atoms with Crippen molar-refractivity contribution in [3.8, 4) is 0 Å². The summed E-state index contributed by atoms with van der Waals surface area (Å²) in [6, 6.07) is 14.2. The van der Waals surface area contributed by atoms with Crippen molar-refractivity contribution in [2.75, 3.05) is 11.4 Å². The highest BCUT2D eigenvalue weighted by atomic mass is 35.5.